The highest BCUT2D eigenvalue weighted by atomic mass is 19.1. The van der Waals surface area contributed by atoms with Crippen molar-refractivity contribution in [2.45, 2.75) is 0 Å². The number of hydrogen-bond donors (Lipinski definition) is 2. The number of rotatable bonds is 3. The Hall–Kier alpha value is -3.21. The topological polar surface area (TPSA) is 120 Å². The maximum absolute atomic E-state index is 13.6. The van der Waals surface area contributed by atoms with E-state index in [0.717, 1.165) is 18.3 Å². The number of carboxylic acid groups (broad SMARTS) is 1. The summed E-state index contributed by atoms with van der Waals surface area (Å²) < 4.78 is 13.6. The molecule has 0 atom stereocenters. The first-order valence-electron chi connectivity index (χ1n) is 5.24. The van der Waals surface area contributed by atoms with Crippen LogP contribution in [0, 0.1) is 27.3 Å². The highest BCUT2D eigenvalue weighted by Gasteiger charge is 2.21. The predicted molar refractivity (Wildman–Crippen MR) is 64.5 cm³/mol. The quantitative estimate of drug-likeness (QED) is 0.657. The van der Waals surface area contributed by atoms with Crippen LogP contribution in [0.4, 0.5) is 10.1 Å². The van der Waals surface area contributed by atoms with E-state index in [1.807, 2.05) is 0 Å². The second-order valence-electron chi connectivity index (χ2n) is 3.79. The molecule has 0 fully saturated rings. The monoisotopic (exact) mass is 275 g/mol. The van der Waals surface area contributed by atoms with E-state index >= 15 is 0 Å². The van der Waals surface area contributed by atoms with E-state index in [0.29, 0.717) is 0 Å². The normalized spacial score (nSPS) is 10.0. The molecule has 8 heteroatoms. The Labute approximate surface area is 111 Å². The highest BCUT2D eigenvalue weighted by Crippen LogP contribution is 2.30. The number of nitriles is 1. The Balaban J connectivity index is 2.66. The van der Waals surface area contributed by atoms with E-state index in [1.165, 1.54) is 6.07 Å². The fourth-order valence-electron chi connectivity index (χ4n) is 1.79. The standard InChI is InChI=1S/C12H6FN3O4/c13-8-3-6(1-2-10(8)16(19)20)11-7(12(17)18)5-15-9(11)4-14/h1-3,5,15H,(H,17,18). The summed E-state index contributed by atoms with van der Waals surface area (Å²) >= 11 is 0. The summed E-state index contributed by atoms with van der Waals surface area (Å²) in [4.78, 5) is 23.2. The second-order valence-corrected chi connectivity index (χ2v) is 3.79. The third-order valence-electron chi connectivity index (χ3n) is 2.66. The number of carboxylic acids is 1. The number of H-pyrrole nitrogens is 1. The number of hydrogen-bond acceptors (Lipinski definition) is 4. The van der Waals surface area contributed by atoms with Gasteiger partial charge in [0.1, 0.15) is 11.8 Å². The molecule has 2 rings (SSSR count). The Kier molecular flexibility index (Phi) is 3.18. The van der Waals surface area contributed by atoms with Gasteiger partial charge in [-0.3, -0.25) is 10.1 Å². The molecule has 0 spiro atoms. The number of nitrogens with one attached hydrogen (secondary N) is 1. The minimum Gasteiger partial charge on any atom is -0.478 e. The summed E-state index contributed by atoms with van der Waals surface area (Å²) in [5.74, 6) is -2.40. The lowest BCUT2D eigenvalue weighted by Gasteiger charge is -2.02. The van der Waals surface area contributed by atoms with Crippen molar-refractivity contribution in [3.63, 3.8) is 0 Å². The number of nitro groups is 1. The van der Waals surface area contributed by atoms with Crippen molar-refractivity contribution in [3.05, 3.63) is 51.6 Å². The molecule has 0 saturated carbocycles. The van der Waals surface area contributed by atoms with Crippen LogP contribution in [0.3, 0.4) is 0 Å². The number of nitrogens with zero attached hydrogens (tertiary/aromatic N) is 2. The average Bonchev–Trinajstić information content (AvgIpc) is 2.81. The second kappa shape index (κ2) is 4.81. The third kappa shape index (κ3) is 2.08. The van der Waals surface area contributed by atoms with Crippen molar-refractivity contribution in [2.75, 3.05) is 0 Å². The van der Waals surface area contributed by atoms with Crippen molar-refractivity contribution < 1.29 is 19.2 Å². The van der Waals surface area contributed by atoms with E-state index in [9.17, 15) is 19.3 Å². The van der Waals surface area contributed by atoms with Crippen LogP contribution in [0.1, 0.15) is 16.1 Å². The fourth-order valence-corrected chi connectivity index (χ4v) is 1.79. The average molecular weight is 275 g/mol. The van der Waals surface area contributed by atoms with Crippen LogP contribution in [-0.2, 0) is 0 Å². The van der Waals surface area contributed by atoms with Crippen molar-refractivity contribution in [1.82, 2.24) is 4.98 Å². The van der Waals surface area contributed by atoms with Crippen molar-refractivity contribution in [3.8, 4) is 17.2 Å². The molecule has 2 N–H and O–H groups in total. The van der Waals surface area contributed by atoms with Gasteiger partial charge in [-0.2, -0.15) is 9.65 Å². The number of halogens is 1. The number of nitro benzene ring substituents is 1. The maximum Gasteiger partial charge on any atom is 0.337 e. The smallest absolute Gasteiger partial charge is 0.337 e. The minimum atomic E-state index is -1.29. The van der Waals surface area contributed by atoms with Gasteiger partial charge in [0.25, 0.3) is 0 Å². The minimum absolute atomic E-state index is 0.00574. The first kappa shape index (κ1) is 13.2. The molecule has 0 bridgehead atoms. The van der Waals surface area contributed by atoms with Crippen molar-refractivity contribution in [1.29, 1.82) is 5.26 Å². The lowest BCUT2D eigenvalue weighted by Crippen LogP contribution is -1.98. The van der Waals surface area contributed by atoms with Gasteiger partial charge >= 0.3 is 11.7 Å². The maximum atomic E-state index is 13.6. The van der Waals surface area contributed by atoms with Gasteiger partial charge in [0.05, 0.1) is 10.5 Å². The van der Waals surface area contributed by atoms with Crippen LogP contribution in [0.5, 0.6) is 0 Å². The summed E-state index contributed by atoms with van der Waals surface area (Å²) in [5, 5.41) is 28.5. The molecule has 0 unspecified atom stereocenters. The first-order chi connectivity index (χ1) is 9.45. The van der Waals surface area contributed by atoms with Crippen LogP contribution >= 0.6 is 0 Å². The van der Waals surface area contributed by atoms with Gasteiger partial charge in [-0.25, -0.2) is 4.79 Å². The SMILES string of the molecule is N#Cc1[nH]cc(C(=O)O)c1-c1ccc([N+](=O)[O-])c(F)c1. The molecule has 0 aliphatic carbocycles. The molecule has 0 radical (unpaired) electrons. The van der Waals surface area contributed by atoms with E-state index in [4.69, 9.17) is 10.4 Å². The Morgan fingerprint density at radius 1 is 1.50 bits per heavy atom. The van der Waals surface area contributed by atoms with Crippen LogP contribution in [0.2, 0.25) is 0 Å². The number of aromatic nitrogens is 1. The van der Waals surface area contributed by atoms with Gasteiger partial charge < -0.3 is 10.1 Å². The molecule has 20 heavy (non-hydrogen) atoms. The van der Waals surface area contributed by atoms with Gasteiger partial charge in [-0.15, -0.1) is 0 Å². The lowest BCUT2D eigenvalue weighted by molar-refractivity contribution is -0.387. The molecular formula is C12H6FN3O4. The van der Waals surface area contributed by atoms with Crippen LogP contribution in [-0.4, -0.2) is 21.0 Å². The highest BCUT2D eigenvalue weighted by molar-refractivity contribution is 5.97. The van der Waals surface area contributed by atoms with Gasteiger partial charge in [0.15, 0.2) is 0 Å². The number of carbonyl (C=O) groups is 1. The van der Waals surface area contributed by atoms with Gasteiger partial charge in [-0.1, -0.05) is 0 Å². The zero-order valence-electron chi connectivity index (χ0n) is 9.75. The molecule has 1 aromatic carbocycles. The first-order valence-corrected chi connectivity index (χ1v) is 5.24. The zero-order chi connectivity index (χ0) is 14.9. The zero-order valence-corrected chi connectivity index (χ0v) is 9.75. The number of aromatic carboxylic acids is 1. The predicted octanol–water partition coefficient (Wildman–Crippen LogP) is 2.30. The Morgan fingerprint density at radius 3 is 2.70 bits per heavy atom. The van der Waals surface area contributed by atoms with Crippen LogP contribution in [0.25, 0.3) is 11.1 Å². The Bertz CT molecular complexity index is 761. The largest absolute Gasteiger partial charge is 0.478 e. The van der Waals surface area contributed by atoms with Crippen LogP contribution < -0.4 is 0 Å². The molecule has 0 saturated heterocycles. The fraction of sp³-hybridized carbons (Fsp3) is 0. The number of benzene rings is 1. The molecule has 7 nitrogen and oxygen atoms in total. The van der Waals surface area contributed by atoms with Gasteiger partial charge in [0.2, 0.25) is 5.82 Å². The van der Waals surface area contributed by atoms with E-state index in [1.54, 1.807) is 6.07 Å². The van der Waals surface area contributed by atoms with Gasteiger partial charge in [-0.05, 0) is 17.7 Å². The van der Waals surface area contributed by atoms with E-state index < -0.39 is 22.4 Å². The van der Waals surface area contributed by atoms with Crippen molar-refractivity contribution in [2.24, 2.45) is 0 Å². The molecular weight excluding hydrogens is 269 g/mol. The molecule has 0 aliphatic heterocycles. The Morgan fingerprint density at radius 2 is 2.20 bits per heavy atom. The third-order valence-corrected chi connectivity index (χ3v) is 2.66. The summed E-state index contributed by atoms with van der Waals surface area (Å²) in [6.45, 7) is 0. The number of aromatic amines is 1. The molecule has 1 heterocycles. The van der Waals surface area contributed by atoms with Gasteiger partial charge in [0, 0.05) is 17.8 Å². The summed E-state index contributed by atoms with van der Waals surface area (Å²) in [7, 11) is 0. The molecule has 0 amide bonds. The molecule has 0 aliphatic rings. The lowest BCUT2D eigenvalue weighted by atomic mass is 10.0. The van der Waals surface area contributed by atoms with E-state index in [-0.39, 0.29) is 22.4 Å². The molecule has 1 aromatic heterocycles. The molecule has 2 aromatic rings. The van der Waals surface area contributed by atoms with Crippen molar-refractivity contribution >= 4 is 11.7 Å². The summed E-state index contributed by atoms with van der Waals surface area (Å²) in [5.41, 5.74) is -0.928. The van der Waals surface area contributed by atoms with Crippen LogP contribution in [0.15, 0.2) is 24.4 Å². The summed E-state index contributed by atoms with van der Waals surface area (Å²) in [6, 6.07) is 4.69. The van der Waals surface area contributed by atoms with E-state index in [2.05, 4.69) is 4.98 Å². The molecule has 100 valence electrons. The summed E-state index contributed by atoms with van der Waals surface area (Å²) in [6.07, 6.45) is 1.11.